The molecule has 2 saturated carbocycles. The lowest BCUT2D eigenvalue weighted by molar-refractivity contribution is 0.410. The van der Waals surface area contributed by atoms with Crippen molar-refractivity contribution in [2.24, 2.45) is 5.92 Å². The van der Waals surface area contributed by atoms with E-state index < -0.39 is 0 Å². The van der Waals surface area contributed by atoms with Crippen LogP contribution in [0.1, 0.15) is 55.6 Å². The number of benzene rings is 1. The molecule has 18 heavy (non-hydrogen) atoms. The molecule has 0 radical (unpaired) electrons. The van der Waals surface area contributed by atoms with Gasteiger partial charge in [-0.05, 0) is 50.0 Å². The topological polar surface area (TPSA) is 12.0 Å². The molecular weight excluding hydrogens is 218 g/mol. The molecule has 2 fully saturated rings. The third kappa shape index (κ3) is 2.95. The van der Waals surface area contributed by atoms with Gasteiger partial charge in [0.1, 0.15) is 0 Å². The lowest BCUT2D eigenvalue weighted by atomic mass is 9.84. The monoisotopic (exact) mass is 243 g/mol. The van der Waals surface area contributed by atoms with Crippen LogP contribution in [0.3, 0.4) is 0 Å². The Morgan fingerprint density at radius 3 is 2.61 bits per heavy atom. The predicted molar refractivity (Wildman–Crippen MR) is 76.9 cm³/mol. The van der Waals surface area contributed by atoms with Gasteiger partial charge in [-0.3, -0.25) is 0 Å². The van der Waals surface area contributed by atoms with Crippen molar-refractivity contribution in [1.82, 2.24) is 5.32 Å². The Kier molecular flexibility index (Phi) is 3.69. The Labute approximate surface area is 111 Å². The largest absolute Gasteiger partial charge is 0.313 e. The van der Waals surface area contributed by atoms with Crippen molar-refractivity contribution in [3.05, 3.63) is 35.4 Å². The second kappa shape index (κ2) is 5.44. The van der Waals surface area contributed by atoms with Gasteiger partial charge in [-0.1, -0.05) is 42.7 Å². The summed E-state index contributed by atoms with van der Waals surface area (Å²) in [5, 5.41) is 3.75. The van der Waals surface area contributed by atoms with Crippen LogP contribution in [-0.2, 0) is 0 Å². The molecule has 0 bridgehead atoms. The molecular formula is C17H25N. The third-order valence-corrected chi connectivity index (χ3v) is 4.64. The van der Waals surface area contributed by atoms with Crippen LogP contribution >= 0.6 is 0 Å². The first-order valence-corrected chi connectivity index (χ1v) is 7.63. The Balaban J connectivity index is 1.73. The second-order valence-corrected chi connectivity index (χ2v) is 6.25. The maximum Gasteiger partial charge on any atom is 0.00684 e. The maximum absolute atomic E-state index is 3.75. The van der Waals surface area contributed by atoms with Crippen molar-refractivity contribution in [2.75, 3.05) is 6.54 Å². The van der Waals surface area contributed by atoms with E-state index >= 15 is 0 Å². The van der Waals surface area contributed by atoms with Gasteiger partial charge in [-0.15, -0.1) is 0 Å². The molecule has 0 amide bonds. The average Bonchev–Trinajstić information content (AvgIpc) is 3.03. The molecule has 2 aliphatic rings. The zero-order valence-electron chi connectivity index (χ0n) is 11.5. The van der Waals surface area contributed by atoms with Crippen LogP contribution in [0.25, 0.3) is 0 Å². The van der Waals surface area contributed by atoms with E-state index in [1.807, 2.05) is 0 Å². The molecule has 1 unspecified atom stereocenters. The highest BCUT2D eigenvalue weighted by Gasteiger charge is 2.28. The van der Waals surface area contributed by atoms with Crippen LogP contribution in [0.5, 0.6) is 0 Å². The summed E-state index contributed by atoms with van der Waals surface area (Å²) in [6, 6.07) is 10.0. The highest BCUT2D eigenvalue weighted by Crippen LogP contribution is 2.37. The van der Waals surface area contributed by atoms with Gasteiger partial charge in [0.05, 0.1) is 0 Å². The highest BCUT2D eigenvalue weighted by atomic mass is 14.9. The van der Waals surface area contributed by atoms with Crippen molar-refractivity contribution in [3.8, 4) is 0 Å². The molecule has 0 aliphatic heterocycles. The summed E-state index contributed by atoms with van der Waals surface area (Å²) in [4.78, 5) is 0. The van der Waals surface area contributed by atoms with Crippen LogP contribution in [-0.4, -0.2) is 12.6 Å². The average molecular weight is 243 g/mol. The van der Waals surface area contributed by atoms with Crippen molar-refractivity contribution in [2.45, 2.75) is 57.4 Å². The van der Waals surface area contributed by atoms with E-state index in [1.165, 1.54) is 50.6 Å². The summed E-state index contributed by atoms with van der Waals surface area (Å²) in [7, 11) is 0. The summed E-state index contributed by atoms with van der Waals surface area (Å²) in [6.07, 6.45) is 8.54. The molecule has 1 aromatic rings. The van der Waals surface area contributed by atoms with Crippen LogP contribution in [0.2, 0.25) is 0 Å². The molecule has 0 aromatic heterocycles. The lowest BCUT2D eigenvalue weighted by Crippen LogP contribution is -2.27. The fourth-order valence-electron chi connectivity index (χ4n) is 3.40. The van der Waals surface area contributed by atoms with Gasteiger partial charge in [0.25, 0.3) is 0 Å². The van der Waals surface area contributed by atoms with E-state index in [1.54, 1.807) is 5.56 Å². The summed E-state index contributed by atoms with van der Waals surface area (Å²) >= 11 is 0. The normalized spacial score (nSPS) is 22.3. The van der Waals surface area contributed by atoms with E-state index in [0.29, 0.717) is 0 Å². The van der Waals surface area contributed by atoms with Crippen LogP contribution in [0, 0.1) is 12.8 Å². The molecule has 3 rings (SSSR count). The second-order valence-electron chi connectivity index (χ2n) is 6.25. The quantitative estimate of drug-likeness (QED) is 0.823. The molecule has 1 nitrogen and oxygen atoms in total. The van der Waals surface area contributed by atoms with Crippen molar-refractivity contribution >= 4 is 0 Å². The van der Waals surface area contributed by atoms with Gasteiger partial charge >= 0.3 is 0 Å². The highest BCUT2D eigenvalue weighted by molar-refractivity contribution is 5.26. The number of rotatable bonds is 5. The SMILES string of the molecule is Cc1cccc(C(CNC2CC2)C2CCCC2)c1. The minimum Gasteiger partial charge on any atom is -0.313 e. The molecule has 1 aromatic carbocycles. The van der Waals surface area contributed by atoms with Gasteiger partial charge < -0.3 is 5.32 Å². The molecule has 98 valence electrons. The molecule has 1 heteroatoms. The summed E-state index contributed by atoms with van der Waals surface area (Å²) in [6.45, 7) is 3.41. The van der Waals surface area contributed by atoms with E-state index in [0.717, 1.165) is 17.9 Å². The number of aryl methyl sites for hydroxylation is 1. The fourth-order valence-corrected chi connectivity index (χ4v) is 3.40. The minimum atomic E-state index is 0.744. The smallest absolute Gasteiger partial charge is 0.00684 e. The van der Waals surface area contributed by atoms with E-state index in [9.17, 15) is 0 Å². The van der Waals surface area contributed by atoms with Gasteiger partial charge in [-0.25, -0.2) is 0 Å². The molecule has 2 aliphatic carbocycles. The minimum absolute atomic E-state index is 0.744. The Bertz CT molecular complexity index is 388. The predicted octanol–water partition coefficient (Wildman–Crippen LogP) is 4.02. The Hall–Kier alpha value is -0.820. The number of hydrogen-bond acceptors (Lipinski definition) is 1. The number of nitrogens with one attached hydrogen (secondary N) is 1. The van der Waals surface area contributed by atoms with E-state index in [4.69, 9.17) is 0 Å². The van der Waals surface area contributed by atoms with E-state index in [2.05, 4.69) is 36.5 Å². The summed E-state index contributed by atoms with van der Waals surface area (Å²) in [5.41, 5.74) is 2.97. The summed E-state index contributed by atoms with van der Waals surface area (Å²) in [5.74, 6) is 1.66. The Morgan fingerprint density at radius 2 is 1.94 bits per heavy atom. The van der Waals surface area contributed by atoms with Crippen LogP contribution in [0.4, 0.5) is 0 Å². The van der Waals surface area contributed by atoms with Crippen molar-refractivity contribution < 1.29 is 0 Å². The summed E-state index contributed by atoms with van der Waals surface area (Å²) < 4.78 is 0. The van der Waals surface area contributed by atoms with Gasteiger partial charge in [-0.2, -0.15) is 0 Å². The first kappa shape index (κ1) is 12.2. The molecule has 0 saturated heterocycles. The third-order valence-electron chi connectivity index (χ3n) is 4.64. The van der Waals surface area contributed by atoms with Gasteiger partial charge in [0, 0.05) is 12.6 Å². The Morgan fingerprint density at radius 1 is 1.17 bits per heavy atom. The van der Waals surface area contributed by atoms with Crippen molar-refractivity contribution in [3.63, 3.8) is 0 Å². The van der Waals surface area contributed by atoms with Gasteiger partial charge in [0.15, 0.2) is 0 Å². The fraction of sp³-hybridized carbons (Fsp3) is 0.647. The van der Waals surface area contributed by atoms with Gasteiger partial charge in [0.2, 0.25) is 0 Å². The first-order chi connectivity index (χ1) is 8.83. The maximum atomic E-state index is 3.75. The van der Waals surface area contributed by atoms with Crippen molar-refractivity contribution in [1.29, 1.82) is 0 Å². The number of hydrogen-bond donors (Lipinski definition) is 1. The standard InChI is InChI=1S/C17H25N/c1-13-5-4-8-15(11-13)17(12-18-16-9-10-16)14-6-2-3-7-14/h4-5,8,11,14,16-18H,2-3,6-7,9-10,12H2,1H3. The zero-order valence-corrected chi connectivity index (χ0v) is 11.5. The van der Waals surface area contributed by atoms with Crippen LogP contribution < -0.4 is 5.32 Å². The lowest BCUT2D eigenvalue weighted by Gasteiger charge is -2.25. The first-order valence-electron chi connectivity index (χ1n) is 7.63. The molecule has 0 spiro atoms. The molecule has 0 heterocycles. The van der Waals surface area contributed by atoms with Crippen LogP contribution in [0.15, 0.2) is 24.3 Å². The zero-order chi connectivity index (χ0) is 12.4. The van der Waals surface area contributed by atoms with E-state index in [-0.39, 0.29) is 0 Å². The molecule has 1 N–H and O–H groups in total. The molecule has 1 atom stereocenters.